The van der Waals surface area contributed by atoms with Gasteiger partial charge in [0.05, 0.1) is 13.7 Å². The predicted octanol–water partition coefficient (Wildman–Crippen LogP) is 3.12. The molecule has 1 aromatic heterocycles. The van der Waals surface area contributed by atoms with E-state index in [1.807, 2.05) is 12.1 Å². The summed E-state index contributed by atoms with van der Waals surface area (Å²) in [6.45, 7) is 4.57. The molecule has 2 rings (SSSR count). The van der Waals surface area contributed by atoms with Crippen LogP contribution < -0.4 is 15.4 Å². The van der Waals surface area contributed by atoms with Crippen LogP contribution in [0.3, 0.4) is 0 Å². The number of pyridine rings is 1. The SMILES string of the molecule is CCNC(=NCc1ccnc(OC)c1)NCCCC1CCCC1. The van der Waals surface area contributed by atoms with E-state index in [1.54, 1.807) is 13.3 Å². The van der Waals surface area contributed by atoms with Gasteiger partial charge in [0.1, 0.15) is 0 Å². The molecule has 1 saturated carbocycles. The number of rotatable bonds is 8. The molecule has 1 aromatic rings. The molecule has 0 atom stereocenters. The van der Waals surface area contributed by atoms with Gasteiger partial charge in [-0.2, -0.15) is 0 Å². The Balaban J connectivity index is 1.76. The van der Waals surface area contributed by atoms with Crippen LogP contribution in [0.4, 0.5) is 0 Å². The van der Waals surface area contributed by atoms with E-state index in [9.17, 15) is 0 Å². The normalized spacial score (nSPS) is 15.7. The van der Waals surface area contributed by atoms with Gasteiger partial charge in [0.25, 0.3) is 0 Å². The molecule has 5 heteroatoms. The van der Waals surface area contributed by atoms with E-state index in [2.05, 4.69) is 27.5 Å². The van der Waals surface area contributed by atoms with Gasteiger partial charge >= 0.3 is 0 Å². The molecule has 128 valence electrons. The molecule has 2 N–H and O–H groups in total. The third-order valence-corrected chi connectivity index (χ3v) is 4.33. The lowest BCUT2D eigenvalue weighted by Gasteiger charge is -2.13. The highest BCUT2D eigenvalue weighted by atomic mass is 16.5. The first-order valence-electron chi connectivity index (χ1n) is 8.83. The molecular formula is C18H30N4O. The molecular weight excluding hydrogens is 288 g/mol. The average Bonchev–Trinajstić information content (AvgIpc) is 3.10. The summed E-state index contributed by atoms with van der Waals surface area (Å²) in [6.07, 6.45) is 10.0. The van der Waals surface area contributed by atoms with Crippen LogP contribution in [0.15, 0.2) is 23.3 Å². The first kappa shape index (κ1) is 17.6. The van der Waals surface area contributed by atoms with E-state index in [0.29, 0.717) is 12.4 Å². The van der Waals surface area contributed by atoms with Gasteiger partial charge in [-0.25, -0.2) is 9.98 Å². The van der Waals surface area contributed by atoms with Gasteiger partial charge in [0.2, 0.25) is 5.88 Å². The minimum absolute atomic E-state index is 0.622. The average molecular weight is 318 g/mol. The van der Waals surface area contributed by atoms with Crippen molar-refractivity contribution in [1.82, 2.24) is 15.6 Å². The molecule has 0 aromatic carbocycles. The molecule has 0 amide bonds. The Hall–Kier alpha value is -1.78. The van der Waals surface area contributed by atoms with Crippen LogP contribution in [0.25, 0.3) is 0 Å². The minimum atomic E-state index is 0.622. The fraction of sp³-hybridized carbons (Fsp3) is 0.667. The van der Waals surface area contributed by atoms with E-state index in [0.717, 1.165) is 30.5 Å². The van der Waals surface area contributed by atoms with Crippen LogP contribution >= 0.6 is 0 Å². The summed E-state index contributed by atoms with van der Waals surface area (Å²) in [5.74, 6) is 2.47. The third-order valence-electron chi connectivity index (χ3n) is 4.33. The molecule has 0 saturated heterocycles. The second-order valence-electron chi connectivity index (χ2n) is 6.12. The molecule has 1 fully saturated rings. The van der Waals surface area contributed by atoms with Crippen molar-refractivity contribution in [2.24, 2.45) is 10.9 Å². The number of aromatic nitrogens is 1. The number of guanidine groups is 1. The van der Waals surface area contributed by atoms with Crippen molar-refractivity contribution in [1.29, 1.82) is 0 Å². The van der Waals surface area contributed by atoms with Crippen molar-refractivity contribution in [2.75, 3.05) is 20.2 Å². The largest absolute Gasteiger partial charge is 0.481 e. The smallest absolute Gasteiger partial charge is 0.213 e. The second-order valence-corrected chi connectivity index (χ2v) is 6.12. The van der Waals surface area contributed by atoms with Crippen molar-refractivity contribution < 1.29 is 4.74 Å². The quantitative estimate of drug-likeness (QED) is 0.439. The summed E-state index contributed by atoms with van der Waals surface area (Å²) in [7, 11) is 1.63. The van der Waals surface area contributed by atoms with Crippen LogP contribution in [0.2, 0.25) is 0 Å². The fourth-order valence-electron chi connectivity index (χ4n) is 3.07. The van der Waals surface area contributed by atoms with E-state index in [-0.39, 0.29) is 0 Å². The number of ether oxygens (including phenoxy) is 1. The van der Waals surface area contributed by atoms with Crippen LogP contribution in [0, 0.1) is 5.92 Å². The van der Waals surface area contributed by atoms with E-state index >= 15 is 0 Å². The Kier molecular flexibility index (Phi) is 7.70. The maximum Gasteiger partial charge on any atom is 0.213 e. The maximum absolute atomic E-state index is 5.15. The highest BCUT2D eigenvalue weighted by Gasteiger charge is 2.13. The number of hydrogen-bond donors (Lipinski definition) is 2. The van der Waals surface area contributed by atoms with Gasteiger partial charge in [-0.15, -0.1) is 0 Å². The number of aliphatic imine (C=N–C) groups is 1. The Morgan fingerprint density at radius 3 is 2.91 bits per heavy atom. The van der Waals surface area contributed by atoms with Crippen molar-refractivity contribution in [2.45, 2.75) is 52.0 Å². The molecule has 1 aliphatic rings. The molecule has 1 heterocycles. The molecule has 1 aliphatic carbocycles. The zero-order chi connectivity index (χ0) is 16.3. The Morgan fingerprint density at radius 2 is 2.17 bits per heavy atom. The van der Waals surface area contributed by atoms with Crippen LogP contribution in [0.1, 0.15) is 51.0 Å². The summed E-state index contributed by atoms with van der Waals surface area (Å²) in [6, 6.07) is 3.89. The van der Waals surface area contributed by atoms with Gasteiger partial charge in [-0.1, -0.05) is 25.7 Å². The topological polar surface area (TPSA) is 58.5 Å². The van der Waals surface area contributed by atoms with Crippen molar-refractivity contribution >= 4 is 5.96 Å². The Bertz CT molecular complexity index is 484. The molecule has 23 heavy (non-hydrogen) atoms. The first-order chi connectivity index (χ1) is 11.3. The summed E-state index contributed by atoms with van der Waals surface area (Å²) >= 11 is 0. The number of hydrogen-bond acceptors (Lipinski definition) is 3. The van der Waals surface area contributed by atoms with Crippen molar-refractivity contribution in [3.05, 3.63) is 23.9 Å². The second kappa shape index (κ2) is 10.1. The lowest BCUT2D eigenvalue weighted by Crippen LogP contribution is -2.37. The zero-order valence-corrected chi connectivity index (χ0v) is 14.5. The monoisotopic (exact) mass is 318 g/mol. The Morgan fingerprint density at radius 1 is 1.35 bits per heavy atom. The van der Waals surface area contributed by atoms with Crippen molar-refractivity contribution in [3.8, 4) is 5.88 Å². The fourth-order valence-corrected chi connectivity index (χ4v) is 3.07. The highest BCUT2D eigenvalue weighted by molar-refractivity contribution is 5.79. The molecule has 5 nitrogen and oxygen atoms in total. The third kappa shape index (κ3) is 6.47. The highest BCUT2D eigenvalue weighted by Crippen LogP contribution is 2.28. The number of methoxy groups -OCH3 is 1. The van der Waals surface area contributed by atoms with Gasteiger partial charge < -0.3 is 15.4 Å². The molecule has 0 bridgehead atoms. The molecule has 0 aliphatic heterocycles. The van der Waals surface area contributed by atoms with Gasteiger partial charge in [0, 0.05) is 25.4 Å². The van der Waals surface area contributed by atoms with Gasteiger partial charge in [-0.05, 0) is 37.3 Å². The summed E-state index contributed by atoms with van der Waals surface area (Å²) in [4.78, 5) is 8.76. The minimum Gasteiger partial charge on any atom is -0.481 e. The first-order valence-corrected chi connectivity index (χ1v) is 8.83. The standard InChI is InChI=1S/C18H30N4O/c1-3-19-18(21-11-6-9-15-7-4-5-8-15)22-14-16-10-12-20-17(13-16)23-2/h10,12-13,15H,3-9,11,14H2,1-2H3,(H2,19,21,22). The predicted molar refractivity (Wildman–Crippen MR) is 94.8 cm³/mol. The van der Waals surface area contributed by atoms with Gasteiger partial charge in [0.15, 0.2) is 5.96 Å². The lowest BCUT2D eigenvalue weighted by atomic mass is 10.0. The number of nitrogens with zero attached hydrogens (tertiary/aromatic N) is 2. The van der Waals surface area contributed by atoms with Crippen molar-refractivity contribution in [3.63, 3.8) is 0 Å². The van der Waals surface area contributed by atoms with E-state index in [4.69, 9.17) is 4.74 Å². The molecule has 0 spiro atoms. The number of nitrogens with one attached hydrogen (secondary N) is 2. The Labute approximate surface area is 139 Å². The van der Waals surface area contributed by atoms with E-state index < -0.39 is 0 Å². The molecule has 0 unspecified atom stereocenters. The molecule has 0 radical (unpaired) electrons. The lowest BCUT2D eigenvalue weighted by molar-refractivity contribution is 0.397. The zero-order valence-electron chi connectivity index (χ0n) is 14.5. The summed E-state index contributed by atoms with van der Waals surface area (Å²) < 4.78 is 5.15. The van der Waals surface area contributed by atoms with Crippen LogP contribution in [-0.4, -0.2) is 31.1 Å². The maximum atomic E-state index is 5.15. The van der Waals surface area contributed by atoms with E-state index in [1.165, 1.54) is 38.5 Å². The van der Waals surface area contributed by atoms with Crippen LogP contribution in [-0.2, 0) is 6.54 Å². The summed E-state index contributed by atoms with van der Waals surface area (Å²) in [5.41, 5.74) is 1.10. The summed E-state index contributed by atoms with van der Waals surface area (Å²) in [5, 5.41) is 6.74. The van der Waals surface area contributed by atoms with Gasteiger partial charge in [-0.3, -0.25) is 0 Å². The van der Waals surface area contributed by atoms with Crippen LogP contribution in [0.5, 0.6) is 5.88 Å².